The molecule has 6 N–H and O–H groups in total. The maximum Gasteiger partial charge on any atom is 0.291 e. The summed E-state index contributed by atoms with van der Waals surface area (Å²) in [5.74, 6) is -2.53. The van der Waals surface area contributed by atoms with Gasteiger partial charge in [0.25, 0.3) is 17.7 Å². The molecule has 3 amide bonds. The third-order valence-corrected chi connectivity index (χ3v) is 13.0. The highest BCUT2D eigenvalue weighted by atomic mass is 127. The summed E-state index contributed by atoms with van der Waals surface area (Å²) in [6, 6.07) is 23.3. The Morgan fingerprint density at radius 2 is 0.974 bits per heavy atom. The van der Waals surface area contributed by atoms with Gasteiger partial charge in [-0.3, -0.25) is 33.9 Å². The molecule has 20 nitrogen and oxygen atoms in total. The highest BCUT2D eigenvalue weighted by Crippen LogP contribution is 2.26. The topological polar surface area (TPSA) is 255 Å². The molecule has 9 rings (SSSR count). The molecule has 26 heteroatoms. The number of aromatic nitrogens is 8. The molecule has 6 heterocycles. The lowest BCUT2D eigenvalue weighted by Gasteiger charge is -2.13. The minimum absolute atomic E-state index is 0.0156. The molecule has 0 unspecified atom stereocenters. The Labute approximate surface area is 471 Å². The van der Waals surface area contributed by atoms with E-state index in [9.17, 15) is 27.6 Å². The first-order chi connectivity index (χ1) is 36.7. The Kier molecular flexibility index (Phi) is 20.9. The van der Waals surface area contributed by atoms with Gasteiger partial charge in [-0.25, -0.2) is 29.6 Å². The van der Waals surface area contributed by atoms with E-state index >= 15 is 0 Å². The van der Waals surface area contributed by atoms with Gasteiger partial charge < -0.3 is 29.0 Å². The lowest BCUT2D eigenvalue weighted by Crippen LogP contribution is -2.27. The zero-order valence-corrected chi connectivity index (χ0v) is 46.4. The zero-order chi connectivity index (χ0) is 54.3. The molecule has 0 saturated carbocycles. The molecule has 0 fully saturated rings. The first kappa shape index (κ1) is 57.4. The number of aryl methyl sites for hydroxylation is 1. The Balaban J connectivity index is 0.000000166. The van der Waals surface area contributed by atoms with Crippen molar-refractivity contribution < 1.29 is 57.4 Å². The van der Waals surface area contributed by atoms with E-state index in [0.29, 0.717) is 44.3 Å². The fourth-order valence-electron chi connectivity index (χ4n) is 7.57. The van der Waals surface area contributed by atoms with Crippen molar-refractivity contribution in [1.82, 2.24) is 55.5 Å². The monoisotopic (exact) mass is 1380 g/mol. The lowest BCUT2D eigenvalue weighted by atomic mass is 10.2. The molecule has 9 aromatic rings. The van der Waals surface area contributed by atoms with Crippen molar-refractivity contribution >= 4 is 118 Å². The van der Waals surface area contributed by atoms with Crippen LogP contribution < -0.4 is 16.4 Å². The second kappa shape index (κ2) is 27.7. The summed E-state index contributed by atoms with van der Waals surface area (Å²) < 4.78 is 50.1. The van der Waals surface area contributed by atoms with Crippen molar-refractivity contribution in [2.45, 2.75) is 26.6 Å². The number of hydroxylamine groups is 3. The SMILES string of the molecule is Cc1nccc2cc(C(=O)NOCCO)n(Cc3ccc(I)cc3F)c12.O=C(NOCCO)c1cc2ccnnc2n1Cc1ccc(I)cc1F.O=C(NOCCO)c1cc2cnncc2n1Cc1ccc(I)cc1F. The first-order valence-electron chi connectivity index (χ1n) is 22.7. The lowest BCUT2D eigenvalue weighted by molar-refractivity contribution is 0.0160. The van der Waals surface area contributed by atoms with E-state index < -0.39 is 17.7 Å². The van der Waals surface area contributed by atoms with Crippen molar-refractivity contribution in [3.63, 3.8) is 0 Å². The number of aliphatic hydroxyl groups is 3. The summed E-state index contributed by atoms with van der Waals surface area (Å²) in [6.45, 7) is 1.58. The number of halogens is 6. The molecule has 3 aromatic carbocycles. The van der Waals surface area contributed by atoms with Crippen LogP contribution in [0.5, 0.6) is 0 Å². The summed E-state index contributed by atoms with van der Waals surface area (Å²) in [5.41, 5.74) is 11.6. The average Bonchev–Trinajstić information content (AvgIpc) is 4.10. The van der Waals surface area contributed by atoms with Gasteiger partial charge >= 0.3 is 0 Å². The van der Waals surface area contributed by atoms with Crippen LogP contribution in [0.15, 0.2) is 110 Å². The fraction of sp³-hybridized carbons (Fsp3) is 0.200. The predicted molar refractivity (Wildman–Crippen MR) is 296 cm³/mol. The van der Waals surface area contributed by atoms with Crippen molar-refractivity contribution in [2.75, 3.05) is 39.6 Å². The molecule has 0 spiro atoms. The molecule has 0 atom stereocenters. The van der Waals surface area contributed by atoms with Gasteiger partial charge in [0, 0.05) is 49.8 Å². The summed E-state index contributed by atoms with van der Waals surface area (Å²) in [7, 11) is 0. The van der Waals surface area contributed by atoms with Crippen LogP contribution in [0.1, 0.15) is 53.8 Å². The van der Waals surface area contributed by atoms with Crippen LogP contribution in [0.2, 0.25) is 0 Å². The molecule has 6 aromatic heterocycles. The van der Waals surface area contributed by atoms with E-state index in [0.717, 1.165) is 27.3 Å². The Hall–Kier alpha value is -6.26. The summed E-state index contributed by atoms with van der Waals surface area (Å²) in [6.07, 6.45) is 6.23. The molecule has 0 bridgehead atoms. The van der Waals surface area contributed by atoms with E-state index in [-0.39, 0.29) is 88.1 Å². The number of amides is 3. The Morgan fingerprint density at radius 3 is 1.49 bits per heavy atom. The number of fused-ring (bicyclic) bond motifs is 3. The molecule has 396 valence electrons. The van der Waals surface area contributed by atoms with Gasteiger partial charge in [0.05, 0.1) is 94.6 Å². The number of hydrogen-bond donors (Lipinski definition) is 6. The first-order valence-corrected chi connectivity index (χ1v) is 25.9. The Bertz CT molecular complexity index is 3360. The smallest absolute Gasteiger partial charge is 0.291 e. The maximum atomic E-state index is 14.3. The van der Waals surface area contributed by atoms with Crippen molar-refractivity contribution in [2.24, 2.45) is 0 Å². The van der Waals surface area contributed by atoms with Gasteiger partial charge in [-0.1, -0.05) is 18.2 Å². The number of carbonyl (C=O) groups excluding carboxylic acids is 3. The second-order valence-corrected chi connectivity index (χ2v) is 19.8. The highest BCUT2D eigenvalue weighted by Gasteiger charge is 2.22. The number of carbonyl (C=O) groups is 3. The minimum Gasteiger partial charge on any atom is -0.394 e. The van der Waals surface area contributed by atoms with Crippen LogP contribution >= 0.6 is 67.8 Å². The molecule has 0 radical (unpaired) electrons. The zero-order valence-electron chi connectivity index (χ0n) is 39.9. The molecule has 0 aliphatic rings. The van der Waals surface area contributed by atoms with E-state index in [1.54, 1.807) is 80.6 Å². The predicted octanol–water partition coefficient (Wildman–Crippen LogP) is 6.54. The normalized spacial score (nSPS) is 11.0. The number of aliphatic hydroxyl groups excluding tert-OH is 3. The maximum absolute atomic E-state index is 14.3. The molecule has 0 aliphatic heterocycles. The van der Waals surface area contributed by atoms with Crippen molar-refractivity contribution in [3.05, 3.63) is 177 Å². The average molecular weight is 1380 g/mol. The molecule has 0 saturated heterocycles. The van der Waals surface area contributed by atoms with Crippen LogP contribution in [0.4, 0.5) is 13.2 Å². The van der Waals surface area contributed by atoms with E-state index in [1.807, 2.05) is 80.8 Å². The third kappa shape index (κ3) is 14.6. The van der Waals surface area contributed by atoms with Crippen molar-refractivity contribution in [1.29, 1.82) is 0 Å². The standard InChI is InChI=1S/C18H17FIN3O3.2C16H14FIN4O3/c1-11-17-12(4-5-21-11)8-16(18(25)22-26-7-6-24)23(17)10-13-2-3-14(20)9-15(13)19;17-13-6-12(18)2-1-10(13)9-22-14(16(24)21-25-4-3-23)5-11-7-19-20-8-15(11)22;17-13-8-12(18)2-1-11(13)9-22-14(16(24)21-25-6-5-23)7-10-3-4-19-20-15(10)22/h2-5,8-9,24H,6-7,10H2,1H3,(H,22,25);1-2,5-8,23H,3-4,9H2,(H,21,24);1-4,7-8,23H,5-6,9H2,(H,21,24). The van der Waals surface area contributed by atoms with Gasteiger partial charge in [0.2, 0.25) is 0 Å². The molecule has 76 heavy (non-hydrogen) atoms. The van der Waals surface area contributed by atoms with Crippen molar-refractivity contribution in [3.8, 4) is 0 Å². The quantitative estimate of drug-likeness (QED) is 0.0303. The molecular formula is C50H45F3I3N11O9. The number of rotatable bonds is 18. The number of hydrogen-bond acceptors (Lipinski definition) is 14. The van der Waals surface area contributed by atoms with Crippen LogP contribution in [0.25, 0.3) is 32.8 Å². The van der Waals surface area contributed by atoms with Crippen LogP contribution in [0.3, 0.4) is 0 Å². The largest absolute Gasteiger partial charge is 0.394 e. The second-order valence-electron chi connectivity index (χ2n) is 16.0. The van der Waals surface area contributed by atoms with Crippen LogP contribution in [-0.4, -0.2) is 112 Å². The van der Waals surface area contributed by atoms with Gasteiger partial charge in [-0.15, -0.1) is 5.10 Å². The molecular weight excluding hydrogens is 1340 g/mol. The third-order valence-electron chi connectivity index (χ3n) is 11.0. The van der Waals surface area contributed by atoms with Crippen LogP contribution in [0, 0.1) is 35.1 Å². The summed E-state index contributed by atoms with van der Waals surface area (Å²) >= 11 is 6.12. The Morgan fingerprint density at radius 1 is 0.539 bits per heavy atom. The van der Waals surface area contributed by atoms with Gasteiger partial charge in [0.1, 0.15) is 34.5 Å². The summed E-state index contributed by atoms with van der Waals surface area (Å²) in [5, 5.41) is 44.0. The highest BCUT2D eigenvalue weighted by molar-refractivity contribution is 14.1. The van der Waals surface area contributed by atoms with E-state index in [2.05, 4.69) is 41.8 Å². The number of benzene rings is 3. The molecule has 0 aliphatic carbocycles. The minimum atomic E-state index is -0.516. The van der Waals surface area contributed by atoms with E-state index in [1.165, 1.54) is 36.8 Å². The number of nitrogens with one attached hydrogen (secondary N) is 3. The number of pyridine rings is 1. The van der Waals surface area contributed by atoms with Gasteiger partial charge in [0.15, 0.2) is 5.65 Å². The van der Waals surface area contributed by atoms with E-state index in [4.69, 9.17) is 29.8 Å². The van der Waals surface area contributed by atoms with Crippen LogP contribution in [-0.2, 0) is 34.1 Å². The van der Waals surface area contributed by atoms with Gasteiger partial charge in [-0.05, 0) is 141 Å². The summed E-state index contributed by atoms with van der Waals surface area (Å²) in [4.78, 5) is 56.2. The van der Waals surface area contributed by atoms with Gasteiger partial charge in [-0.2, -0.15) is 15.3 Å². The fourth-order valence-corrected chi connectivity index (χ4v) is 8.93. The number of nitrogens with zero attached hydrogens (tertiary/aromatic N) is 8.